The molecule has 0 saturated heterocycles. The third kappa shape index (κ3) is 6.95. The molecule has 0 radical (unpaired) electrons. The number of thioether (sulfide) groups is 1. The summed E-state index contributed by atoms with van der Waals surface area (Å²) in [6.45, 7) is 0.208. The van der Waals surface area contributed by atoms with E-state index in [-0.39, 0.29) is 24.1 Å². The predicted octanol–water partition coefficient (Wildman–Crippen LogP) is 4.29. The average Bonchev–Trinajstić information content (AvgIpc) is 3.09. The first kappa shape index (κ1) is 23.1. The molecule has 2 aromatic carbocycles. The van der Waals surface area contributed by atoms with E-state index in [9.17, 15) is 9.59 Å². The summed E-state index contributed by atoms with van der Waals surface area (Å²) in [5.41, 5.74) is 1.48. The summed E-state index contributed by atoms with van der Waals surface area (Å²) in [6, 6.07) is 14.6. The van der Waals surface area contributed by atoms with Crippen molar-refractivity contribution in [3.63, 3.8) is 0 Å². The molecule has 1 aromatic heterocycles. The van der Waals surface area contributed by atoms with Crippen molar-refractivity contribution in [3.8, 4) is 0 Å². The van der Waals surface area contributed by atoms with E-state index in [0.29, 0.717) is 21.7 Å². The van der Waals surface area contributed by atoms with Gasteiger partial charge >= 0.3 is 0 Å². The topological polar surface area (TPSA) is 88.9 Å². The van der Waals surface area contributed by atoms with Crippen LogP contribution < -0.4 is 10.6 Å². The van der Waals surface area contributed by atoms with Gasteiger partial charge in [-0.15, -0.1) is 10.2 Å². The smallest absolute Gasteiger partial charge is 0.244 e. The lowest BCUT2D eigenvalue weighted by molar-refractivity contribution is -0.116. The molecule has 0 bridgehead atoms. The number of rotatable bonds is 8. The summed E-state index contributed by atoms with van der Waals surface area (Å²) < 4.78 is 2.63. The molecule has 0 saturated carbocycles. The van der Waals surface area contributed by atoms with E-state index in [2.05, 4.69) is 36.8 Å². The van der Waals surface area contributed by atoms with Gasteiger partial charge in [0.25, 0.3) is 0 Å². The van der Waals surface area contributed by atoms with Gasteiger partial charge in [-0.1, -0.05) is 63.6 Å². The van der Waals surface area contributed by atoms with Crippen molar-refractivity contribution in [2.75, 3.05) is 11.1 Å². The molecular formula is C21H19BrClN5O2S. The number of carbonyl (C=O) groups excluding carboxylic acids is 2. The lowest BCUT2D eigenvalue weighted by Crippen LogP contribution is -2.22. The number of hydrogen-bond acceptors (Lipinski definition) is 5. The molecule has 10 heteroatoms. The van der Waals surface area contributed by atoms with Gasteiger partial charge in [-0.25, -0.2) is 0 Å². The summed E-state index contributed by atoms with van der Waals surface area (Å²) in [5, 5.41) is 14.9. The monoisotopic (exact) mass is 519 g/mol. The molecule has 3 aromatic rings. The maximum absolute atomic E-state index is 12.2. The van der Waals surface area contributed by atoms with Gasteiger partial charge < -0.3 is 15.2 Å². The van der Waals surface area contributed by atoms with E-state index in [1.165, 1.54) is 17.8 Å². The van der Waals surface area contributed by atoms with Crippen LogP contribution in [-0.2, 0) is 23.2 Å². The Kier molecular flexibility index (Phi) is 8.27. The Balaban J connectivity index is 1.49. The zero-order valence-corrected chi connectivity index (χ0v) is 19.7. The standard InChI is InChI=1S/C21H19BrClN5O2S/c1-28-18(12-24-19(29)10-9-14-5-2-3-8-17(14)23)26-27-21(28)31-13-20(30)25-16-7-4-6-15(22)11-16/h2-11H,12-13H2,1H3,(H,24,29)(H,25,30). The van der Waals surface area contributed by atoms with Crippen LogP contribution in [0.25, 0.3) is 6.08 Å². The second kappa shape index (κ2) is 11.1. The van der Waals surface area contributed by atoms with Gasteiger partial charge in [0.05, 0.1) is 12.3 Å². The molecule has 3 rings (SSSR count). The molecule has 0 aliphatic carbocycles. The van der Waals surface area contributed by atoms with Crippen molar-refractivity contribution in [3.05, 3.63) is 75.5 Å². The molecule has 160 valence electrons. The van der Waals surface area contributed by atoms with Crippen LogP contribution in [0.4, 0.5) is 5.69 Å². The highest BCUT2D eigenvalue weighted by Gasteiger charge is 2.12. The lowest BCUT2D eigenvalue weighted by atomic mass is 10.2. The molecule has 0 fully saturated rings. The number of benzene rings is 2. The third-order valence-corrected chi connectivity index (χ3v) is 5.96. The molecule has 0 aliphatic heterocycles. The van der Waals surface area contributed by atoms with Gasteiger partial charge in [0, 0.05) is 28.3 Å². The van der Waals surface area contributed by atoms with Crippen LogP contribution in [0, 0.1) is 0 Å². The first-order chi connectivity index (χ1) is 14.9. The Hall–Kier alpha value is -2.62. The second-order valence-corrected chi connectivity index (χ2v) is 8.64. The van der Waals surface area contributed by atoms with Gasteiger partial charge in [0.2, 0.25) is 11.8 Å². The number of hydrogen-bond donors (Lipinski definition) is 2. The Bertz CT molecular complexity index is 1120. The van der Waals surface area contributed by atoms with Gasteiger partial charge in [-0.2, -0.15) is 0 Å². The normalized spacial score (nSPS) is 10.9. The minimum atomic E-state index is -0.273. The van der Waals surface area contributed by atoms with E-state index >= 15 is 0 Å². The third-order valence-electron chi connectivity index (χ3n) is 4.11. The molecule has 1 heterocycles. The molecule has 0 unspecified atom stereocenters. The van der Waals surface area contributed by atoms with E-state index in [4.69, 9.17) is 11.6 Å². The number of aromatic nitrogens is 3. The van der Waals surface area contributed by atoms with Gasteiger partial charge in [-0.3, -0.25) is 9.59 Å². The largest absolute Gasteiger partial charge is 0.345 e. The zero-order chi connectivity index (χ0) is 22.2. The van der Waals surface area contributed by atoms with Gasteiger partial charge in [0.1, 0.15) is 0 Å². The van der Waals surface area contributed by atoms with Crippen molar-refractivity contribution in [2.24, 2.45) is 7.05 Å². The summed E-state index contributed by atoms with van der Waals surface area (Å²) in [5.74, 6) is 0.344. The van der Waals surface area contributed by atoms with Crippen LogP contribution in [0.15, 0.2) is 64.2 Å². The molecule has 0 aliphatic rings. The highest BCUT2D eigenvalue weighted by molar-refractivity contribution is 9.10. The Morgan fingerprint density at radius 1 is 1.19 bits per heavy atom. The molecule has 2 amide bonds. The van der Waals surface area contributed by atoms with E-state index in [1.807, 2.05) is 42.5 Å². The molecule has 0 atom stereocenters. The van der Waals surface area contributed by atoms with Crippen LogP contribution in [0.5, 0.6) is 0 Å². The molecule has 0 spiro atoms. The Morgan fingerprint density at radius 3 is 2.77 bits per heavy atom. The summed E-state index contributed by atoms with van der Waals surface area (Å²) in [4.78, 5) is 24.2. The summed E-state index contributed by atoms with van der Waals surface area (Å²) in [6.07, 6.45) is 3.07. The highest BCUT2D eigenvalue weighted by Crippen LogP contribution is 2.19. The molecule has 31 heavy (non-hydrogen) atoms. The predicted molar refractivity (Wildman–Crippen MR) is 127 cm³/mol. The van der Waals surface area contributed by atoms with E-state index in [1.54, 1.807) is 23.8 Å². The fraction of sp³-hybridized carbons (Fsp3) is 0.143. The lowest BCUT2D eigenvalue weighted by Gasteiger charge is -2.06. The number of carbonyl (C=O) groups is 2. The number of nitrogens with zero attached hydrogens (tertiary/aromatic N) is 3. The first-order valence-corrected chi connectivity index (χ1v) is 11.3. The highest BCUT2D eigenvalue weighted by atomic mass is 79.9. The van der Waals surface area contributed by atoms with Crippen LogP contribution in [0.2, 0.25) is 5.02 Å². The Labute approximate surface area is 197 Å². The number of nitrogens with one attached hydrogen (secondary N) is 2. The van der Waals surface area contributed by atoms with Crippen LogP contribution in [-0.4, -0.2) is 32.3 Å². The molecule has 2 N–H and O–H groups in total. The zero-order valence-electron chi connectivity index (χ0n) is 16.5. The van der Waals surface area contributed by atoms with Gasteiger partial charge in [0.15, 0.2) is 11.0 Å². The maximum atomic E-state index is 12.2. The first-order valence-electron chi connectivity index (χ1n) is 9.19. The van der Waals surface area contributed by atoms with Crippen molar-refractivity contribution in [1.82, 2.24) is 20.1 Å². The SMILES string of the molecule is Cn1c(CNC(=O)C=Cc2ccccc2Cl)nnc1SCC(=O)Nc1cccc(Br)c1. The second-order valence-electron chi connectivity index (χ2n) is 6.38. The number of amides is 2. The quantitative estimate of drug-likeness (QED) is 0.342. The van der Waals surface area contributed by atoms with Crippen molar-refractivity contribution in [1.29, 1.82) is 0 Å². The van der Waals surface area contributed by atoms with Crippen molar-refractivity contribution < 1.29 is 9.59 Å². The van der Waals surface area contributed by atoms with Crippen LogP contribution in [0.3, 0.4) is 0 Å². The molecular weight excluding hydrogens is 502 g/mol. The number of anilines is 1. The van der Waals surface area contributed by atoms with Crippen molar-refractivity contribution in [2.45, 2.75) is 11.7 Å². The van der Waals surface area contributed by atoms with E-state index in [0.717, 1.165) is 10.0 Å². The fourth-order valence-corrected chi connectivity index (χ4v) is 3.85. The Morgan fingerprint density at radius 2 is 2.00 bits per heavy atom. The van der Waals surface area contributed by atoms with Gasteiger partial charge in [-0.05, 0) is 35.9 Å². The summed E-state index contributed by atoms with van der Waals surface area (Å²) in [7, 11) is 1.79. The van der Waals surface area contributed by atoms with Crippen molar-refractivity contribution >= 4 is 62.9 Å². The minimum absolute atomic E-state index is 0.148. The van der Waals surface area contributed by atoms with Crippen LogP contribution in [0.1, 0.15) is 11.4 Å². The average molecular weight is 521 g/mol. The summed E-state index contributed by atoms with van der Waals surface area (Å²) >= 11 is 10.7. The number of halogens is 2. The van der Waals surface area contributed by atoms with Crippen LogP contribution >= 0.6 is 39.3 Å². The minimum Gasteiger partial charge on any atom is -0.345 e. The maximum Gasteiger partial charge on any atom is 0.244 e. The molecule has 7 nitrogen and oxygen atoms in total. The van der Waals surface area contributed by atoms with E-state index < -0.39 is 0 Å². The fourth-order valence-electron chi connectivity index (χ4n) is 2.52.